The van der Waals surface area contributed by atoms with Gasteiger partial charge in [0.2, 0.25) is 0 Å². The van der Waals surface area contributed by atoms with Gasteiger partial charge in [-0.15, -0.1) is 0 Å². The molecule has 22 heavy (non-hydrogen) atoms. The Bertz CT molecular complexity index is 352. The van der Waals surface area contributed by atoms with Crippen LogP contribution in [0, 0.1) is 0 Å². The third kappa shape index (κ3) is 3.58. The smallest absolute Gasteiger partial charge is 0.187 e. The zero-order valence-corrected chi connectivity index (χ0v) is 12.5. The molecule has 0 amide bonds. The molecule has 130 valence electrons. The summed E-state index contributed by atoms with van der Waals surface area (Å²) in [6, 6.07) is 0. The van der Waals surface area contributed by atoms with Gasteiger partial charge in [0.15, 0.2) is 12.6 Å². The molecule has 2 fully saturated rings. The number of aliphatic hydroxyl groups is 5. The Labute approximate surface area is 128 Å². The van der Waals surface area contributed by atoms with Crippen LogP contribution in [-0.2, 0) is 18.9 Å². The van der Waals surface area contributed by atoms with Crippen molar-refractivity contribution >= 4 is 0 Å². The molecular formula is C13H24O9. The molecule has 2 rings (SSSR count). The van der Waals surface area contributed by atoms with Crippen LogP contribution >= 0.6 is 0 Å². The quantitative estimate of drug-likeness (QED) is 0.374. The van der Waals surface area contributed by atoms with Crippen molar-refractivity contribution < 1.29 is 44.5 Å². The summed E-state index contributed by atoms with van der Waals surface area (Å²) in [7, 11) is 1.46. The van der Waals surface area contributed by atoms with E-state index in [4.69, 9.17) is 24.1 Å². The Balaban J connectivity index is 2.07. The highest BCUT2D eigenvalue weighted by Gasteiger charge is 2.47. The summed E-state index contributed by atoms with van der Waals surface area (Å²) in [5.41, 5.74) is 0. The van der Waals surface area contributed by atoms with Crippen molar-refractivity contribution in [1.82, 2.24) is 0 Å². The molecule has 9 heteroatoms. The van der Waals surface area contributed by atoms with Gasteiger partial charge >= 0.3 is 0 Å². The zero-order valence-electron chi connectivity index (χ0n) is 12.5. The van der Waals surface area contributed by atoms with E-state index in [1.807, 2.05) is 0 Å². The molecule has 0 radical (unpaired) electrons. The topological polar surface area (TPSA) is 138 Å². The second-order valence-corrected chi connectivity index (χ2v) is 5.60. The van der Waals surface area contributed by atoms with Gasteiger partial charge in [0.25, 0.3) is 0 Å². The summed E-state index contributed by atoms with van der Waals surface area (Å²) < 4.78 is 21.5. The first-order valence-corrected chi connectivity index (χ1v) is 7.21. The molecule has 2 heterocycles. The molecule has 0 aromatic rings. The SMILES string of the molecule is CO[C@H]1C[C@@H](O)O[C@@H](C)[C@H]1O[C@@H]1O[C@H](CO)[C@@H](O)[C@H](O)[C@H]1O. The van der Waals surface area contributed by atoms with Crippen molar-refractivity contribution in [2.24, 2.45) is 0 Å². The molecule has 0 aromatic carbocycles. The van der Waals surface area contributed by atoms with Crippen molar-refractivity contribution in [3.8, 4) is 0 Å². The van der Waals surface area contributed by atoms with E-state index in [-0.39, 0.29) is 6.42 Å². The highest BCUT2D eigenvalue weighted by Crippen LogP contribution is 2.29. The van der Waals surface area contributed by atoms with E-state index in [2.05, 4.69) is 0 Å². The van der Waals surface area contributed by atoms with Gasteiger partial charge in [0.1, 0.15) is 30.5 Å². The molecule has 5 N–H and O–H groups in total. The summed E-state index contributed by atoms with van der Waals surface area (Å²) in [6.07, 6.45) is -9.24. The molecule has 2 aliphatic heterocycles. The van der Waals surface area contributed by atoms with E-state index < -0.39 is 61.9 Å². The molecular weight excluding hydrogens is 300 g/mol. The molecule has 0 spiro atoms. The van der Waals surface area contributed by atoms with Crippen LogP contribution < -0.4 is 0 Å². The number of methoxy groups -OCH3 is 1. The first-order valence-electron chi connectivity index (χ1n) is 7.21. The largest absolute Gasteiger partial charge is 0.394 e. The molecule has 9 atom stereocenters. The van der Waals surface area contributed by atoms with Crippen LogP contribution in [0.3, 0.4) is 0 Å². The predicted octanol–water partition coefficient (Wildman–Crippen LogP) is -2.69. The minimum Gasteiger partial charge on any atom is -0.394 e. The molecule has 2 saturated heterocycles. The summed E-state index contributed by atoms with van der Waals surface area (Å²) in [6.45, 7) is 1.14. The maximum Gasteiger partial charge on any atom is 0.187 e. The van der Waals surface area contributed by atoms with Crippen molar-refractivity contribution in [1.29, 1.82) is 0 Å². The minimum atomic E-state index is -1.51. The fourth-order valence-electron chi connectivity index (χ4n) is 2.78. The second-order valence-electron chi connectivity index (χ2n) is 5.60. The normalized spacial score (nSPS) is 50.0. The lowest BCUT2D eigenvalue weighted by atomic mass is 9.98. The Morgan fingerprint density at radius 2 is 1.73 bits per heavy atom. The van der Waals surface area contributed by atoms with Crippen LogP contribution in [0.25, 0.3) is 0 Å². The lowest BCUT2D eigenvalue weighted by Gasteiger charge is -2.44. The summed E-state index contributed by atoms with van der Waals surface area (Å²) in [5, 5.41) is 48.2. The molecule has 0 aliphatic carbocycles. The van der Waals surface area contributed by atoms with Crippen molar-refractivity contribution in [2.45, 2.75) is 68.7 Å². The summed E-state index contributed by atoms with van der Waals surface area (Å²) in [4.78, 5) is 0. The van der Waals surface area contributed by atoms with Gasteiger partial charge in [0.05, 0.1) is 18.8 Å². The van der Waals surface area contributed by atoms with Gasteiger partial charge in [-0.05, 0) is 6.92 Å². The highest BCUT2D eigenvalue weighted by atomic mass is 16.7. The average Bonchev–Trinajstić information content (AvgIpc) is 2.49. The van der Waals surface area contributed by atoms with Gasteiger partial charge < -0.3 is 44.5 Å². The van der Waals surface area contributed by atoms with Crippen LogP contribution in [0.15, 0.2) is 0 Å². The van der Waals surface area contributed by atoms with Crippen LogP contribution in [-0.4, -0.2) is 94.6 Å². The van der Waals surface area contributed by atoms with Gasteiger partial charge in [-0.2, -0.15) is 0 Å². The number of aliphatic hydroxyl groups excluding tert-OH is 5. The molecule has 0 unspecified atom stereocenters. The van der Waals surface area contributed by atoms with Gasteiger partial charge in [-0.1, -0.05) is 0 Å². The molecule has 0 bridgehead atoms. The highest BCUT2D eigenvalue weighted by molar-refractivity contribution is 4.91. The van der Waals surface area contributed by atoms with Crippen LogP contribution in [0.1, 0.15) is 13.3 Å². The lowest BCUT2D eigenvalue weighted by Crippen LogP contribution is -2.61. The predicted molar refractivity (Wildman–Crippen MR) is 70.6 cm³/mol. The van der Waals surface area contributed by atoms with Crippen LogP contribution in [0.4, 0.5) is 0 Å². The monoisotopic (exact) mass is 324 g/mol. The summed E-state index contributed by atoms with van der Waals surface area (Å²) in [5.74, 6) is 0. The third-order valence-electron chi connectivity index (χ3n) is 4.08. The lowest BCUT2D eigenvalue weighted by molar-refractivity contribution is -0.340. The number of ether oxygens (including phenoxy) is 4. The van der Waals surface area contributed by atoms with E-state index in [9.17, 15) is 20.4 Å². The Hall–Kier alpha value is -0.360. The first-order chi connectivity index (χ1) is 10.4. The van der Waals surface area contributed by atoms with E-state index in [1.54, 1.807) is 6.92 Å². The van der Waals surface area contributed by atoms with Crippen LogP contribution in [0.5, 0.6) is 0 Å². The van der Waals surface area contributed by atoms with E-state index in [0.29, 0.717) is 0 Å². The fraction of sp³-hybridized carbons (Fsp3) is 1.00. The fourth-order valence-corrected chi connectivity index (χ4v) is 2.78. The zero-order chi connectivity index (χ0) is 16.4. The molecule has 0 aromatic heterocycles. The Morgan fingerprint density at radius 1 is 1.05 bits per heavy atom. The van der Waals surface area contributed by atoms with Gasteiger partial charge in [-0.3, -0.25) is 0 Å². The number of hydrogen-bond acceptors (Lipinski definition) is 9. The van der Waals surface area contributed by atoms with E-state index in [0.717, 1.165) is 0 Å². The molecule has 0 saturated carbocycles. The maximum atomic E-state index is 9.98. The maximum absolute atomic E-state index is 9.98. The van der Waals surface area contributed by atoms with Gasteiger partial charge in [-0.25, -0.2) is 0 Å². The Kier molecular flexibility index (Phi) is 6.11. The van der Waals surface area contributed by atoms with Crippen molar-refractivity contribution in [3.63, 3.8) is 0 Å². The molecule has 2 aliphatic rings. The standard InChI is InChI=1S/C13H24O9/c1-5-12(6(19-2)3-8(15)20-5)22-13-11(18)10(17)9(16)7(4-14)21-13/h5-18H,3-4H2,1-2H3/t5-,6-,7+,8-,9+,10-,11+,12+,13-/m0/s1. The second kappa shape index (κ2) is 7.47. The Morgan fingerprint density at radius 3 is 2.32 bits per heavy atom. The molecule has 9 nitrogen and oxygen atoms in total. The van der Waals surface area contributed by atoms with Crippen LogP contribution in [0.2, 0.25) is 0 Å². The number of hydrogen-bond donors (Lipinski definition) is 5. The summed E-state index contributed by atoms with van der Waals surface area (Å²) >= 11 is 0. The van der Waals surface area contributed by atoms with E-state index >= 15 is 0 Å². The van der Waals surface area contributed by atoms with Gasteiger partial charge in [0, 0.05) is 13.5 Å². The van der Waals surface area contributed by atoms with Crippen molar-refractivity contribution in [2.75, 3.05) is 13.7 Å². The third-order valence-corrected chi connectivity index (χ3v) is 4.08. The van der Waals surface area contributed by atoms with E-state index in [1.165, 1.54) is 7.11 Å². The first kappa shape index (κ1) is 18.0. The average molecular weight is 324 g/mol. The minimum absolute atomic E-state index is 0.183. The van der Waals surface area contributed by atoms with Crippen molar-refractivity contribution in [3.05, 3.63) is 0 Å². The number of rotatable bonds is 4.